The first-order valence-electron chi connectivity index (χ1n) is 12.7. The molecule has 2 saturated carbocycles. The minimum Gasteiger partial charge on any atom is -0.345 e. The maximum Gasteiger partial charge on any atom is 0.231 e. The molecule has 0 N–H and O–H groups in total. The number of carbonyl (C=O) groups excluding carboxylic acids is 1. The highest BCUT2D eigenvalue weighted by Crippen LogP contribution is 2.55. The third-order valence-corrected chi connectivity index (χ3v) is 9.23. The van der Waals surface area contributed by atoms with Crippen molar-refractivity contribution >= 4 is 5.91 Å². The molecule has 1 aromatic rings. The van der Waals surface area contributed by atoms with Gasteiger partial charge in [0.2, 0.25) is 5.91 Å². The molecule has 2 aliphatic heterocycles. The summed E-state index contributed by atoms with van der Waals surface area (Å²) >= 11 is 0. The van der Waals surface area contributed by atoms with E-state index >= 15 is 0 Å². The Labute approximate surface area is 205 Å². The van der Waals surface area contributed by atoms with Crippen molar-refractivity contribution in [2.45, 2.75) is 39.8 Å². The van der Waals surface area contributed by atoms with Crippen molar-refractivity contribution < 1.29 is 4.79 Å². The first kappa shape index (κ1) is 23.0. The summed E-state index contributed by atoms with van der Waals surface area (Å²) in [5.74, 6) is 3.16. The van der Waals surface area contributed by atoms with E-state index in [4.69, 9.17) is 0 Å². The van der Waals surface area contributed by atoms with Gasteiger partial charge in [-0.1, -0.05) is 70.0 Å². The molecule has 8 atom stereocenters. The van der Waals surface area contributed by atoms with Gasteiger partial charge in [-0.2, -0.15) is 0 Å². The van der Waals surface area contributed by atoms with Crippen molar-refractivity contribution in [1.29, 1.82) is 0 Å². The first-order valence-corrected chi connectivity index (χ1v) is 12.7. The molecular weight excluding hydrogens is 416 g/mol. The fraction of sp³-hybridized carbons (Fsp3) is 0.452. The SMILES string of the molecule is C=CC1CC(C)C2C(=C)N(Cc3cccc(CN4C(=C)C5C(C)CC(C=C)C5C4=O)c3)C(=C)C12. The number of carbonyl (C=O) groups is 1. The molecule has 4 aliphatic rings. The lowest BCUT2D eigenvalue weighted by molar-refractivity contribution is -0.131. The Balaban J connectivity index is 1.32. The number of likely N-dealkylation sites (tertiary alicyclic amines) is 2. The maximum absolute atomic E-state index is 13.3. The summed E-state index contributed by atoms with van der Waals surface area (Å²) < 4.78 is 0. The van der Waals surface area contributed by atoms with Crippen LogP contribution in [0, 0.1) is 47.3 Å². The quantitative estimate of drug-likeness (QED) is 0.456. The highest BCUT2D eigenvalue weighted by Gasteiger charge is 2.53. The number of nitrogens with zero attached hydrogens (tertiary/aromatic N) is 2. The van der Waals surface area contributed by atoms with Crippen LogP contribution in [0.15, 0.2) is 86.4 Å². The standard InChI is InChI=1S/C31H38N2O/c1-8-25-13-18(3)27-20(5)32(22(7)29(25)27)16-23-11-10-12-24(15-23)17-33-21(6)28-19(4)14-26(9-2)30(28)31(33)34/h8-12,15,18-19,25-30H,1-2,5-7,13-14,16-17H2,3-4H3. The van der Waals surface area contributed by atoms with Gasteiger partial charge < -0.3 is 9.80 Å². The average Bonchev–Trinajstić information content (AvgIpc) is 3.48. The molecule has 34 heavy (non-hydrogen) atoms. The smallest absolute Gasteiger partial charge is 0.231 e. The number of fused-ring (bicyclic) bond motifs is 2. The van der Waals surface area contributed by atoms with E-state index in [0.717, 1.165) is 24.2 Å². The second-order valence-electron chi connectivity index (χ2n) is 11.1. The lowest BCUT2D eigenvalue weighted by Gasteiger charge is -2.26. The second-order valence-corrected chi connectivity index (χ2v) is 11.1. The largest absolute Gasteiger partial charge is 0.345 e. The number of hydrogen-bond donors (Lipinski definition) is 0. The minimum atomic E-state index is 0.0126. The predicted octanol–water partition coefficient (Wildman–Crippen LogP) is 6.53. The summed E-state index contributed by atoms with van der Waals surface area (Å²) in [5.41, 5.74) is 5.71. The topological polar surface area (TPSA) is 23.6 Å². The van der Waals surface area contributed by atoms with E-state index in [1.807, 2.05) is 11.0 Å². The van der Waals surface area contributed by atoms with Gasteiger partial charge in [0.05, 0.1) is 12.5 Å². The molecule has 1 aromatic carbocycles. The van der Waals surface area contributed by atoms with Gasteiger partial charge in [0.25, 0.3) is 0 Å². The maximum atomic E-state index is 13.3. The van der Waals surface area contributed by atoms with Gasteiger partial charge in [-0.15, -0.1) is 13.2 Å². The monoisotopic (exact) mass is 454 g/mol. The third-order valence-electron chi connectivity index (χ3n) is 9.23. The number of benzene rings is 1. The molecule has 1 amide bonds. The second kappa shape index (κ2) is 8.45. The van der Waals surface area contributed by atoms with Crippen LogP contribution in [0.1, 0.15) is 37.8 Å². The molecule has 3 nitrogen and oxygen atoms in total. The lowest BCUT2D eigenvalue weighted by Crippen LogP contribution is -2.28. The molecule has 2 saturated heterocycles. The van der Waals surface area contributed by atoms with Crippen LogP contribution < -0.4 is 0 Å². The normalized spacial score (nSPS) is 36.9. The van der Waals surface area contributed by atoms with Crippen molar-refractivity contribution in [3.8, 4) is 0 Å². The lowest BCUT2D eigenvalue weighted by atomic mass is 9.88. The summed E-state index contributed by atoms with van der Waals surface area (Å²) in [4.78, 5) is 17.6. The number of rotatable bonds is 6. The van der Waals surface area contributed by atoms with Gasteiger partial charge in [0.1, 0.15) is 0 Å². The van der Waals surface area contributed by atoms with E-state index < -0.39 is 0 Å². The van der Waals surface area contributed by atoms with Gasteiger partial charge in [-0.05, 0) is 47.6 Å². The highest BCUT2D eigenvalue weighted by molar-refractivity contribution is 5.85. The van der Waals surface area contributed by atoms with E-state index in [1.165, 1.54) is 23.4 Å². The van der Waals surface area contributed by atoms with E-state index in [2.05, 4.69) is 82.0 Å². The van der Waals surface area contributed by atoms with Gasteiger partial charge in [-0.25, -0.2) is 0 Å². The predicted molar refractivity (Wildman–Crippen MR) is 139 cm³/mol. The molecule has 0 bridgehead atoms. The van der Waals surface area contributed by atoms with E-state index in [9.17, 15) is 4.79 Å². The van der Waals surface area contributed by atoms with Crippen LogP contribution in [0.4, 0.5) is 0 Å². The molecule has 0 radical (unpaired) electrons. The van der Waals surface area contributed by atoms with Gasteiger partial charge >= 0.3 is 0 Å². The number of hydrogen-bond acceptors (Lipinski definition) is 2. The molecule has 2 heterocycles. The van der Waals surface area contributed by atoms with Crippen LogP contribution in [-0.4, -0.2) is 15.7 Å². The summed E-state index contributed by atoms with van der Waals surface area (Å²) in [6.45, 7) is 27.3. The van der Waals surface area contributed by atoms with Gasteiger partial charge in [-0.3, -0.25) is 4.79 Å². The summed E-state index contributed by atoms with van der Waals surface area (Å²) in [6, 6.07) is 8.61. The van der Waals surface area contributed by atoms with Crippen molar-refractivity contribution in [3.05, 3.63) is 97.5 Å². The Hall–Kier alpha value is -2.81. The van der Waals surface area contributed by atoms with Crippen LogP contribution in [0.25, 0.3) is 0 Å². The number of allylic oxidation sites excluding steroid dienone is 5. The zero-order valence-electron chi connectivity index (χ0n) is 20.7. The average molecular weight is 455 g/mol. The Kier molecular flexibility index (Phi) is 5.70. The Morgan fingerprint density at radius 3 is 1.85 bits per heavy atom. The van der Waals surface area contributed by atoms with E-state index in [0.29, 0.717) is 36.1 Å². The van der Waals surface area contributed by atoms with Crippen LogP contribution in [-0.2, 0) is 17.9 Å². The highest BCUT2D eigenvalue weighted by atomic mass is 16.2. The Morgan fingerprint density at radius 2 is 1.26 bits per heavy atom. The van der Waals surface area contributed by atoms with Crippen LogP contribution >= 0.6 is 0 Å². The molecule has 8 unspecified atom stereocenters. The molecule has 5 rings (SSSR count). The minimum absolute atomic E-state index is 0.0126. The zero-order valence-corrected chi connectivity index (χ0v) is 20.7. The summed E-state index contributed by atoms with van der Waals surface area (Å²) in [7, 11) is 0. The Morgan fingerprint density at radius 1 is 0.794 bits per heavy atom. The molecule has 3 heteroatoms. The molecule has 178 valence electrons. The van der Waals surface area contributed by atoms with Crippen molar-refractivity contribution in [2.75, 3.05) is 0 Å². The molecular formula is C31H38N2O. The van der Waals surface area contributed by atoms with Crippen molar-refractivity contribution in [3.63, 3.8) is 0 Å². The van der Waals surface area contributed by atoms with E-state index in [-0.39, 0.29) is 23.7 Å². The molecule has 0 aromatic heterocycles. The summed E-state index contributed by atoms with van der Waals surface area (Å²) in [5, 5.41) is 0. The van der Waals surface area contributed by atoms with Crippen molar-refractivity contribution in [2.24, 2.45) is 47.3 Å². The van der Waals surface area contributed by atoms with E-state index in [1.54, 1.807) is 0 Å². The fourth-order valence-electron chi connectivity index (χ4n) is 7.65. The Bertz CT molecular complexity index is 1000. The van der Waals surface area contributed by atoms with Gasteiger partial charge in [0, 0.05) is 41.4 Å². The van der Waals surface area contributed by atoms with Crippen LogP contribution in [0.3, 0.4) is 0 Å². The number of amides is 1. The first-order chi connectivity index (χ1) is 16.3. The molecule has 4 fully saturated rings. The van der Waals surface area contributed by atoms with Crippen LogP contribution in [0.2, 0.25) is 0 Å². The third kappa shape index (κ3) is 3.35. The van der Waals surface area contributed by atoms with Crippen molar-refractivity contribution in [1.82, 2.24) is 9.80 Å². The summed E-state index contributed by atoms with van der Waals surface area (Å²) in [6.07, 6.45) is 6.28. The molecule has 2 aliphatic carbocycles. The zero-order chi connectivity index (χ0) is 24.3. The van der Waals surface area contributed by atoms with Crippen LogP contribution in [0.5, 0.6) is 0 Å². The van der Waals surface area contributed by atoms with Gasteiger partial charge in [0.15, 0.2) is 0 Å². The fourth-order valence-corrected chi connectivity index (χ4v) is 7.65. The molecule has 0 spiro atoms.